The topological polar surface area (TPSA) is 35.1 Å². The molecule has 0 spiro atoms. The fourth-order valence-corrected chi connectivity index (χ4v) is 6.75. The van der Waals surface area contributed by atoms with Gasteiger partial charge in [0.2, 0.25) is 5.43 Å². The lowest BCUT2D eigenvalue weighted by Gasteiger charge is -2.22. The molecule has 0 atom stereocenters. The van der Waals surface area contributed by atoms with Gasteiger partial charge in [-0.3, -0.25) is 4.79 Å². The van der Waals surface area contributed by atoms with Gasteiger partial charge in [-0.15, -0.1) is 0 Å². The average molecular weight is 492 g/mol. The van der Waals surface area contributed by atoms with E-state index in [9.17, 15) is 4.79 Å². The molecule has 0 bridgehead atoms. The quantitative estimate of drug-likeness (QED) is 0.215. The molecule has 0 saturated heterocycles. The molecule has 0 fully saturated rings. The molecule has 2 heterocycles. The predicted molar refractivity (Wildman–Crippen MR) is 157 cm³/mol. The molecule has 182 valence electrons. The number of aromatic nitrogens is 1. The van der Waals surface area contributed by atoms with Crippen molar-refractivity contribution in [3.05, 3.63) is 124 Å². The molecule has 3 nitrogen and oxygen atoms in total. The van der Waals surface area contributed by atoms with Crippen molar-refractivity contribution < 1.29 is 4.42 Å². The molecule has 0 unspecified atom stereocenters. The lowest BCUT2D eigenvalue weighted by molar-refractivity contribution is 0.656. The van der Waals surface area contributed by atoms with Crippen LogP contribution in [0.25, 0.3) is 60.6 Å². The zero-order chi connectivity index (χ0) is 25.8. The van der Waals surface area contributed by atoms with Gasteiger partial charge in [0.15, 0.2) is 0 Å². The van der Waals surface area contributed by atoms with Crippen LogP contribution in [0.5, 0.6) is 0 Å². The van der Waals surface area contributed by atoms with Crippen molar-refractivity contribution in [1.29, 1.82) is 0 Å². The maximum absolute atomic E-state index is 13.3. The van der Waals surface area contributed by atoms with E-state index in [0.29, 0.717) is 21.9 Å². The third-order valence-electron chi connectivity index (χ3n) is 8.49. The van der Waals surface area contributed by atoms with Crippen molar-refractivity contribution in [2.24, 2.45) is 0 Å². The largest absolute Gasteiger partial charge is 0.455 e. The van der Waals surface area contributed by atoms with Crippen LogP contribution in [0.3, 0.4) is 0 Å². The molecule has 1 aliphatic carbocycles. The summed E-state index contributed by atoms with van der Waals surface area (Å²) >= 11 is 0. The summed E-state index contributed by atoms with van der Waals surface area (Å²) < 4.78 is 8.67. The molecule has 0 amide bonds. The van der Waals surface area contributed by atoms with Crippen LogP contribution in [0.15, 0.2) is 106 Å². The first-order valence-corrected chi connectivity index (χ1v) is 13.1. The van der Waals surface area contributed by atoms with Crippen molar-refractivity contribution in [2.75, 3.05) is 0 Å². The van der Waals surface area contributed by atoms with Gasteiger partial charge in [0.1, 0.15) is 11.2 Å². The Kier molecular flexibility index (Phi) is 4.08. The fourth-order valence-electron chi connectivity index (χ4n) is 6.75. The second-order valence-corrected chi connectivity index (χ2v) is 11.0. The van der Waals surface area contributed by atoms with Crippen LogP contribution in [-0.4, -0.2) is 4.57 Å². The summed E-state index contributed by atoms with van der Waals surface area (Å²) in [5.41, 5.74) is 10.8. The number of hydrogen-bond acceptors (Lipinski definition) is 2. The maximum Gasteiger partial charge on any atom is 0.200 e. The summed E-state index contributed by atoms with van der Waals surface area (Å²) in [6.07, 6.45) is 0. The normalized spacial score (nSPS) is 14.0. The lowest BCUT2D eigenvalue weighted by atomic mass is 9.80. The number of hydrogen-bond donors (Lipinski definition) is 0. The Morgan fingerprint density at radius 2 is 1.50 bits per heavy atom. The van der Waals surface area contributed by atoms with Crippen LogP contribution >= 0.6 is 0 Å². The van der Waals surface area contributed by atoms with Crippen LogP contribution in [-0.2, 0) is 5.41 Å². The minimum atomic E-state index is -0.118. The first-order chi connectivity index (χ1) is 18.4. The molecular formula is C35H25NO2. The van der Waals surface area contributed by atoms with Gasteiger partial charge in [-0.05, 0) is 65.1 Å². The fraction of sp³-hybridized carbons (Fsp3) is 0.114. The Bertz CT molecular complexity index is 2190. The summed E-state index contributed by atoms with van der Waals surface area (Å²) in [6.45, 7) is 6.65. The van der Waals surface area contributed by atoms with Gasteiger partial charge in [0.25, 0.3) is 0 Å². The van der Waals surface area contributed by atoms with Crippen molar-refractivity contribution >= 4 is 43.7 Å². The summed E-state index contributed by atoms with van der Waals surface area (Å²) in [5.74, 6) is 0. The van der Waals surface area contributed by atoms with E-state index < -0.39 is 0 Å². The Balaban J connectivity index is 1.48. The zero-order valence-electron chi connectivity index (χ0n) is 21.5. The average Bonchev–Trinajstić information content (AvgIpc) is 3.38. The van der Waals surface area contributed by atoms with Gasteiger partial charge in [-0.2, -0.15) is 0 Å². The van der Waals surface area contributed by atoms with E-state index in [1.807, 2.05) is 43.3 Å². The second kappa shape index (κ2) is 7.23. The molecule has 7 aromatic rings. The summed E-state index contributed by atoms with van der Waals surface area (Å²) in [6, 6.07) is 33.6. The first kappa shape index (κ1) is 21.5. The predicted octanol–water partition coefficient (Wildman–Crippen LogP) is 8.66. The monoisotopic (exact) mass is 491 g/mol. The number of aryl methyl sites for hydroxylation is 1. The molecule has 0 N–H and O–H groups in total. The van der Waals surface area contributed by atoms with Crippen molar-refractivity contribution in [3.8, 4) is 16.8 Å². The molecule has 8 rings (SSSR count). The van der Waals surface area contributed by atoms with E-state index in [1.54, 1.807) is 0 Å². The van der Waals surface area contributed by atoms with E-state index in [1.165, 1.54) is 33.0 Å². The molecular weight excluding hydrogens is 466 g/mol. The molecule has 2 aromatic heterocycles. The van der Waals surface area contributed by atoms with Gasteiger partial charge in [0, 0.05) is 27.9 Å². The SMILES string of the molecule is Cc1cccc2c(=O)c3ccc(-n4c5ccccc5c5c6c(ccc54)-c4ccccc4C6(C)C)cc3oc12. The maximum atomic E-state index is 13.3. The van der Waals surface area contributed by atoms with Crippen LogP contribution in [0, 0.1) is 6.92 Å². The van der Waals surface area contributed by atoms with Gasteiger partial charge in [-0.25, -0.2) is 0 Å². The van der Waals surface area contributed by atoms with Gasteiger partial charge >= 0.3 is 0 Å². The van der Waals surface area contributed by atoms with Crippen LogP contribution in [0.4, 0.5) is 0 Å². The van der Waals surface area contributed by atoms with E-state index in [2.05, 4.69) is 79.1 Å². The third-order valence-corrected chi connectivity index (χ3v) is 8.49. The third kappa shape index (κ3) is 2.61. The van der Waals surface area contributed by atoms with Crippen LogP contribution in [0.1, 0.15) is 30.5 Å². The highest BCUT2D eigenvalue weighted by molar-refractivity contribution is 6.14. The van der Waals surface area contributed by atoms with Gasteiger partial charge < -0.3 is 8.98 Å². The Hall–Kier alpha value is -4.63. The zero-order valence-corrected chi connectivity index (χ0v) is 21.5. The molecule has 5 aromatic carbocycles. The Labute approximate surface area is 219 Å². The van der Waals surface area contributed by atoms with Crippen molar-refractivity contribution in [3.63, 3.8) is 0 Å². The molecule has 0 aliphatic heterocycles. The molecule has 0 radical (unpaired) electrons. The highest BCUT2D eigenvalue weighted by Gasteiger charge is 2.37. The minimum Gasteiger partial charge on any atom is -0.455 e. The van der Waals surface area contributed by atoms with Crippen molar-refractivity contribution in [2.45, 2.75) is 26.2 Å². The number of nitrogens with zero attached hydrogens (tertiary/aromatic N) is 1. The molecule has 38 heavy (non-hydrogen) atoms. The minimum absolute atomic E-state index is 0.0102. The van der Waals surface area contributed by atoms with Gasteiger partial charge in [-0.1, -0.05) is 74.5 Å². The summed E-state index contributed by atoms with van der Waals surface area (Å²) in [7, 11) is 0. The Morgan fingerprint density at radius 3 is 2.39 bits per heavy atom. The number of benzene rings is 5. The van der Waals surface area contributed by atoms with Crippen LogP contribution < -0.4 is 5.43 Å². The van der Waals surface area contributed by atoms with E-state index in [4.69, 9.17) is 4.42 Å². The van der Waals surface area contributed by atoms with E-state index in [0.717, 1.165) is 22.3 Å². The number of rotatable bonds is 1. The molecule has 1 aliphatic rings. The Morgan fingerprint density at radius 1 is 0.711 bits per heavy atom. The number of para-hydroxylation sites is 2. The lowest BCUT2D eigenvalue weighted by Crippen LogP contribution is -2.15. The van der Waals surface area contributed by atoms with Crippen molar-refractivity contribution in [1.82, 2.24) is 4.57 Å². The summed E-state index contributed by atoms with van der Waals surface area (Å²) in [5, 5.41) is 3.75. The van der Waals surface area contributed by atoms with E-state index in [-0.39, 0.29) is 10.8 Å². The molecule has 0 saturated carbocycles. The standard InChI is InChI=1S/C35H25NO2/c1-20-9-8-12-26-33(37)25-16-15-21(19-30(25)38-34(20)26)36-28-14-7-5-11-24(28)31-29(36)18-17-23-22-10-4-6-13-27(22)35(2,3)32(23)31/h4-19H,1-3H3. The number of fused-ring (bicyclic) bond motifs is 9. The van der Waals surface area contributed by atoms with E-state index >= 15 is 0 Å². The molecule has 3 heteroatoms. The second-order valence-electron chi connectivity index (χ2n) is 11.0. The van der Waals surface area contributed by atoms with Gasteiger partial charge in [0.05, 0.1) is 21.8 Å². The first-order valence-electron chi connectivity index (χ1n) is 13.1. The van der Waals surface area contributed by atoms with Crippen LogP contribution in [0.2, 0.25) is 0 Å². The smallest absolute Gasteiger partial charge is 0.200 e. The summed E-state index contributed by atoms with van der Waals surface area (Å²) in [4.78, 5) is 13.3. The highest BCUT2D eigenvalue weighted by Crippen LogP contribution is 2.53. The highest BCUT2D eigenvalue weighted by atomic mass is 16.3.